The Morgan fingerprint density at radius 2 is 1.68 bits per heavy atom. The summed E-state index contributed by atoms with van der Waals surface area (Å²) < 4.78 is 38.5. The zero-order chi connectivity index (χ0) is 16.3. The lowest BCUT2D eigenvalue weighted by atomic mass is 10.1. The molecule has 0 aromatic heterocycles. The van der Waals surface area contributed by atoms with Crippen molar-refractivity contribution >= 4 is 11.6 Å². The van der Waals surface area contributed by atoms with Crippen molar-refractivity contribution in [2.24, 2.45) is 0 Å². The molecule has 0 aliphatic heterocycles. The first-order chi connectivity index (χ1) is 10.3. The van der Waals surface area contributed by atoms with E-state index in [4.69, 9.17) is 0 Å². The summed E-state index contributed by atoms with van der Waals surface area (Å²) >= 11 is 0. The zero-order valence-electron chi connectivity index (χ0n) is 12.1. The van der Waals surface area contributed by atoms with E-state index in [2.05, 4.69) is 10.9 Å². The maximum atomic E-state index is 12.8. The van der Waals surface area contributed by atoms with Crippen LogP contribution in [0.4, 0.5) is 18.9 Å². The lowest BCUT2D eigenvalue weighted by Gasteiger charge is -2.15. The number of benzene rings is 2. The molecule has 0 saturated carbocycles. The Kier molecular flexibility index (Phi) is 4.40. The first-order valence-electron chi connectivity index (χ1n) is 6.59. The quantitative estimate of drug-likeness (QED) is 0.839. The van der Waals surface area contributed by atoms with Gasteiger partial charge in [-0.2, -0.15) is 13.2 Å². The normalized spacial score (nSPS) is 11.1. The molecule has 0 fully saturated rings. The van der Waals surface area contributed by atoms with E-state index in [9.17, 15) is 18.0 Å². The van der Waals surface area contributed by atoms with Gasteiger partial charge in [-0.1, -0.05) is 18.2 Å². The van der Waals surface area contributed by atoms with Gasteiger partial charge in [-0.3, -0.25) is 15.6 Å². The standard InChI is InChI=1S/C16H15F3N2O/c1-10-7-8-12(9-11(10)2)15(22)21-20-14-6-4-3-5-13(14)16(17,18)19/h3-9,20H,1-2H3,(H,21,22). The van der Waals surface area contributed by atoms with E-state index in [-0.39, 0.29) is 5.69 Å². The van der Waals surface area contributed by atoms with Gasteiger partial charge < -0.3 is 0 Å². The number of amides is 1. The molecule has 0 spiro atoms. The molecule has 0 saturated heterocycles. The number of nitrogens with one attached hydrogen (secondary N) is 2. The second-order valence-electron chi connectivity index (χ2n) is 4.92. The molecule has 3 nitrogen and oxygen atoms in total. The maximum Gasteiger partial charge on any atom is 0.418 e. The van der Waals surface area contributed by atoms with Crippen LogP contribution >= 0.6 is 0 Å². The Morgan fingerprint density at radius 1 is 1.00 bits per heavy atom. The highest BCUT2D eigenvalue weighted by Crippen LogP contribution is 2.34. The molecule has 2 N–H and O–H groups in total. The van der Waals surface area contributed by atoms with Gasteiger partial charge in [0.05, 0.1) is 11.3 Å². The van der Waals surface area contributed by atoms with Crippen molar-refractivity contribution in [2.75, 3.05) is 5.43 Å². The van der Waals surface area contributed by atoms with Crippen LogP contribution in [0.1, 0.15) is 27.0 Å². The highest BCUT2D eigenvalue weighted by Gasteiger charge is 2.33. The van der Waals surface area contributed by atoms with Gasteiger partial charge in [0.15, 0.2) is 0 Å². The van der Waals surface area contributed by atoms with Crippen LogP contribution in [0.2, 0.25) is 0 Å². The molecular weight excluding hydrogens is 293 g/mol. The minimum Gasteiger partial charge on any atom is -0.298 e. The number of anilines is 1. The number of hydrazine groups is 1. The third kappa shape index (κ3) is 3.58. The first kappa shape index (κ1) is 15.9. The van der Waals surface area contributed by atoms with Crippen LogP contribution in [0.5, 0.6) is 0 Å². The third-order valence-corrected chi connectivity index (χ3v) is 3.31. The van der Waals surface area contributed by atoms with Gasteiger partial charge in [-0.05, 0) is 49.2 Å². The number of rotatable bonds is 3. The summed E-state index contributed by atoms with van der Waals surface area (Å²) in [6.07, 6.45) is -4.49. The molecule has 2 aromatic carbocycles. The molecule has 2 aromatic rings. The van der Waals surface area contributed by atoms with Crippen LogP contribution < -0.4 is 10.9 Å². The highest BCUT2D eigenvalue weighted by molar-refractivity contribution is 5.95. The SMILES string of the molecule is Cc1ccc(C(=O)NNc2ccccc2C(F)(F)F)cc1C. The molecular formula is C16H15F3N2O. The minimum atomic E-state index is -4.49. The largest absolute Gasteiger partial charge is 0.418 e. The second-order valence-corrected chi connectivity index (χ2v) is 4.92. The van der Waals surface area contributed by atoms with Gasteiger partial charge in [-0.15, -0.1) is 0 Å². The molecule has 1 amide bonds. The van der Waals surface area contributed by atoms with Crippen molar-refractivity contribution in [1.82, 2.24) is 5.43 Å². The fraction of sp³-hybridized carbons (Fsp3) is 0.188. The molecule has 0 bridgehead atoms. The summed E-state index contributed by atoms with van der Waals surface area (Å²) in [5, 5.41) is 0. The van der Waals surface area contributed by atoms with E-state index in [1.165, 1.54) is 18.2 Å². The van der Waals surface area contributed by atoms with Crippen LogP contribution in [0.3, 0.4) is 0 Å². The lowest BCUT2D eigenvalue weighted by molar-refractivity contribution is -0.137. The van der Waals surface area contributed by atoms with Crippen molar-refractivity contribution in [3.63, 3.8) is 0 Å². The molecule has 0 heterocycles. The molecule has 0 aliphatic rings. The monoisotopic (exact) mass is 308 g/mol. The number of para-hydroxylation sites is 1. The number of alkyl halides is 3. The summed E-state index contributed by atoms with van der Waals surface area (Å²) in [4.78, 5) is 12.0. The average Bonchev–Trinajstić information content (AvgIpc) is 2.47. The number of carbonyl (C=O) groups excluding carboxylic acids is 1. The first-order valence-corrected chi connectivity index (χ1v) is 6.59. The molecule has 0 aliphatic carbocycles. The Morgan fingerprint density at radius 3 is 2.32 bits per heavy atom. The van der Waals surface area contributed by atoms with Crippen LogP contribution in [-0.2, 0) is 6.18 Å². The smallest absolute Gasteiger partial charge is 0.298 e. The molecule has 116 valence electrons. The number of hydrogen-bond donors (Lipinski definition) is 2. The minimum absolute atomic E-state index is 0.202. The molecule has 0 radical (unpaired) electrons. The van der Waals surface area contributed by atoms with E-state index >= 15 is 0 Å². The van der Waals surface area contributed by atoms with Crippen LogP contribution in [0.15, 0.2) is 42.5 Å². The van der Waals surface area contributed by atoms with Crippen molar-refractivity contribution in [3.05, 3.63) is 64.7 Å². The summed E-state index contributed by atoms with van der Waals surface area (Å²) in [5.41, 5.74) is 5.92. The Hall–Kier alpha value is -2.50. The van der Waals surface area contributed by atoms with Gasteiger partial charge in [0.2, 0.25) is 0 Å². The van der Waals surface area contributed by atoms with E-state index in [0.717, 1.165) is 17.2 Å². The van der Waals surface area contributed by atoms with Gasteiger partial charge >= 0.3 is 6.18 Å². The van der Waals surface area contributed by atoms with Gasteiger partial charge in [0.1, 0.15) is 0 Å². The number of carbonyl (C=O) groups is 1. The zero-order valence-corrected chi connectivity index (χ0v) is 12.1. The van der Waals surface area contributed by atoms with Crippen molar-refractivity contribution in [2.45, 2.75) is 20.0 Å². The van der Waals surface area contributed by atoms with E-state index < -0.39 is 17.6 Å². The predicted molar refractivity (Wildman–Crippen MR) is 78.4 cm³/mol. The van der Waals surface area contributed by atoms with Crippen molar-refractivity contribution in [1.29, 1.82) is 0 Å². The molecule has 22 heavy (non-hydrogen) atoms. The second kappa shape index (κ2) is 6.09. The lowest BCUT2D eigenvalue weighted by Crippen LogP contribution is -2.30. The van der Waals surface area contributed by atoms with Gasteiger partial charge in [0.25, 0.3) is 5.91 Å². The van der Waals surface area contributed by atoms with Crippen molar-refractivity contribution in [3.8, 4) is 0 Å². The van der Waals surface area contributed by atoms with Gasteiger partial charge in [0, 0.05) is 5.56 Å². The summed E-state index contributed by atoms with van der Waals surface area (Å²) in [6, 6.07) is 10.0. The highest BCUT2D eigenvalue weighted by atomic mass is 19.4. The van der Waals surface area contributed by atoms with E-state index in [1.54, 1.807) is 18.2 Å². The summed E-state index contributed by atoms with van der Waals surface area (Å²) in [7, 11) is 0. The van der Waals surface area contributed by atoms with E-state index in [1.807, 2.05) is 13.8 Å². The van der Waals surface area contributed by atoms with Gasteiger partial charge in [-0.25, -0.2) is 0 Å². The fourth-order valence-electron chi connectivity index (χ4n) is 1.92. The predicted octanol–water partition coefficient (Wildman–Crippen LogP) is 4.08. The van der Waals surface area contributed by atoms with E-state index in [0.29, 0.717) is 5.56 Å². The molecule has 0 unspecified atom stereocenters. The van der Waals surface area contributed by atoms with Crippen molar-refractivity contribution < 1.29 is 18.0 Å². The maximum absolute atomic E-state index is 12.8. The fourth-order valence-corrected chi connectivity index (χ4v) is 1.92. The number of halogens is 3. The number of aryl methyl sites for hydroxylation is 2. The summed E-state index contributed by atoms with van der Waals surface area (Å²) in [5.74, 6) is -0.500. The Balaban J connectivity index is 2.13. The van der Waals surface area contributed by atoms with Crippen LogP contribution in [0, 0.1) is 13.8 Å². The average molecular weight is 308 g/mol. The molecule has 0 atom stereocenters. The number of hydrogen-bond acceptors (Lipinski definition) is 2. The topological polar surface area (TPSA) is 41.1 Å². The molecule has 6 heteroatoms. The third-order valence-electron chi connectivity index (χ3n) is 3.31. The molecule has 2 rings (SSSR count). The van der Waals surface area contributed by atoms with Crippen LogP contribution in [-0.4, -0.2) is 5.91 Å². The van der Waals surface area contributed by atoms with Crippen LogP contribution in [0.25, 0.3) is 0 Å². The summed E-state index contributed by atoms with van der Waals surface area (Å²) in [6.45, 7) is 3.77. The Labute approximate surface area is 126 Å². The Bertz CT molecular complexity index is 696.